The summed E-state index contributed by atoms with van der Waals surface area (Å²) in [5.74, 6) is -1.65. The molecule has 0 bridgehead atoms. The maximum absolute atomic E-state index is 12.0. The van der Waals surface area contributed by atoms with E-state index in [0.29, 0.717) is 0 Å². The highest BCUT2D eigenvalue weighted by molar-refractivity contribution is 4.94. The summed E-state index contributed by atoms with van der Waals surface area (Å²) in [4.78, 5) is 3.10. The number of hydrogen-bond donors (Lipinski definition) is 2. The van der Waals surface area contributed by atoms with Gasteiger partial charge in [-0.2, -0.15) is 18.2 Å². The Morgan fingerprint density at radius 2 is 2.07 bits per heavy atom. The van der Waals surface area contributed by atoms with Gasteiger partial charge in [-0.3, -0.25) is 0 Å². The second-order valence-electron chi connectivity index (χ2n) is 3.39. The van der Waals surface area contributed by atoms with Crippen LogP contribution in [0.5, 0.6) is 0 Å². The highest BCUT2D eigenvalue weighted by atomic mass is 19.4. The summed E-state index contributed by atoms with van der Waals surface area (Å²) >= 11 is 0. The van der Waals surface area contributed by atoms with Crippen LogP contribution in [0.2, 0.25) is 0 Å². The van der Waals surface area contributed by atoms with Crippen molar-refractivity contribution in [3.05, 3.63) is 11.7 Å². The maximum Gasteiger partial charge on any atom is 0.455 e. The largest absolute Gasteiger partial charge is 0.455 e. The molecule has 0 radical (unpaired) electrons. The Morgan fingerprint density at radius 3 is 2.47 bits per heavy atom. The fraction of sp³-hybridized carbons (Fsp3) is 0.714. The van der Waals surface area contributed by atoms with Crippen LogP contribution in [-0.2, 0) is 12.6 Å². The average Bonchev–Trinajstić information content (AvgIpc) is 2.51. The Kier molecular flexibility index (Phi) is 3.00. The molecule has 86 valence electrons. The molecule has 1 rings (SSSR count). The molecule has 0 fully saturated rings. The molecule has 0 aliphatic heterocycles. The average molecular weight is 225 g/mol. The number of aromatic nitrogens is 2. The van der Waals surface area contributed by atoms with E-state index in [1.807, 2.05) is 0 Å². The van der Waals surface area contributed by atoms with E-state index < -0.39 is 17.6 Å². The van der Waals surface area contributed by atoms with Crippen molar-refractivity contribution in [1.82, 2.24) is 10.1 Å². The molecule has 1 heterocycles. The molecule has 0 aromatic carbocycles. The zero-order valence-corrected chi connectivity index (χ0v) is 7.88. The smallest absolute Gasteiger partial charge is 0.388 e. The molecule has 0 spiro atoms. The number of halogens is 3. The lowest BCUT2D eigenvalue weighted by Crippen LogP contribution is -2.36. The van der Waals surface area contributed by atoms with Gasteiger partial charge in [0, 0.05) is 6.54 Å². The van der Waals surface area contributed by atoms with Crippen LogP contribution in [0.4, 0.5) is 13.2 Å². The van der Waals surface area contributed by atoms with E-state index in [1.54, 1.807) is 0 Å². The Morgan fingerprint density at radius 1 is 1.47 bits per heavy atom. The van der Waals surface area contributed by atoms with Gasteiger partial charge in [0.05, 0.1) is 12.0 Å². The predicted molar refractivity (Wildman–Crippen MR) is 42.7 cm³/mol. The van der Waals surface area contributed by atoms with Crippen molar-refractivity contribution in [1.29, 1.82) is 0 Å². The van der Waals surface area contributed by atoms with Crippen LogP contribution >= 0.6 is 0 Å². The highest BCUT2D eigenvalue weighted by Crippen LogP contribution is 2.26. The van der Waals surface area contributed by atoms with Crippen molar-refractivity contribution in [3.63, 3.8) is 0 Å². The zero-order valence-electron chi connectivity index (χ0n) is 7.88. The van der Waals surface area contributed by atoms with E-state index in [1.165, 1.54) is 6.92 Å². The third-order valence-corrected chi connectivity index (χ3v) is 1.69. The molecule has 5 nitrogen and oxygen atoms in total. The first-order chi connectivity index (χ1) is 6.74. The summed E-state index contributed by atoms with van der Waals surface area (Å²) in [6.45, 7) is 1.25. The van der Waals surface area contributed by atoms with Crippen molar-refractivity contribution in [2.45, 2.75) is 25.1 Å². The predicted octanol–water partition coefficient (Wildman–Crippen LogP) is 0.341. The number of rotatable bonds is 3. The van der Waals surface area contributed by atoms with E-state index in [-0.39, 0.29) is 18.9 Å². The summed E-state index contributed by atoms with van der Waals surface area (Å²) in [5.41, 5.74) is 3.83. The third kappa shape index (κ3) is 3.17. The maximum atomic E-state index is 12.0. The molecule has 0 aliphatic carbocycles. The Bertz CT molecular complexity index is 334. The lowest BCUT2D eigenvalue weighted by atomic mass is 10.0. The van der Waals surface area contributed by atoms with Crippen molar-refractivity contribution in [2.75, 3.05) is 6.54 Å². The minimum Gasteiger partial charge on any atom is -0.388 e. The SMILES string of the molecule is CC(O)(CN)Cc1nc(C(F)(F)F)no1. The molecule has 3 N–H and O–H groups in total. The molecule has 1 aromatic heterocycles. The summed E-state index contributed by atoms with van der Waals surface area (Å²) in [6, 6.07) is 0. The van der Waals surface area contributed by atoms with Gasteiger partial charge in [-0.25, -0.2) is 0 Å². The molecule has 0 amide bonds. The first kappa shape index (κ1) is 11.9. The van der Waals surface area contributed by atoms with E-state index in [9.17, 15) is 18.3 Å². The van der Waals surface area contributed by atoms with E-state index in [0.717, 1.165) is 0 Å². The normalized spacial score (nSPS) is 16.4. The van der Waals surface area contributed by atoms with Gasteiger partial charge in [-0.1, -0.05) is 5.16 Å². The third-order valence-electron chi connectivity index (χ3n) is 1.69. The molecule has 1 unspecified atom stereocenters. The van der Waals surface area contributed by atoms with Gasteiger partial charge in [-0.15, -0.1) is 0 Å². The lowest BCUT2D eigenvalue weighted by molar-refractivity contribution is -0.146. The van der Waals surface area contributed by atoms with Gasteiger partial charge in [0.15, 0.2) is 0 Å². The van der Waals surface area contributed by atoms with Gasteiger partial charge in [0.2, 0.25) is 5.89 Å². The van der Waals surface area contributed by atoms with Crippen LogP contribution in [0.1, 0.15) is 18.6 Å². The van der Waals surface area contributed by atoms with E-state index in [2.05, 4.69) is 14.7 Å². The van der Waals surface area contributed by atoms with Crippen molar-refractivity contribution < 1.29 is 22.8 Å². The van der Waals surface area contributed by atoms with Crippen LogP contribution in [0, 0.1) is 0 Å². The molecule has 15 heavy (non-hydrogen) atoms. The Labute approximate surface area is 83.1 Å². The minimum absolute atomic E-state index is 0.114. The zero-order chi connectivity index (χ0) is 11.7. The number of nitrogens with zero attached hydrogens (tertiary/aromatic N) is 2. The summed E-state index contributed by atoms with van der Waals surface area (Å²) in [7, 11) is 0. The monoisotopic (exact) mass is 225 g/mol. The standard InChI is InChI=1S/C7H10F3N3O2/c1-6(14,3-11)2-4-12-5(13-15-4)7(8,9)10/h14H,2-3,11H2,1H3. The van der Waals surface area contributed by atoms with Crippen molar-refractivity contribution in [2.24, 2.45) is 5.73 Å². The van der Waals surface area contributed by atoms with E-state index >= 15 is 0 Å². The van der Waals surface area contributed by atoms with Gasteiger partial charge >= 0.3 is 6.18 Å². The van der Waals surface area contributed by atoms with Crippen LogP contribution < -0.4 is 5.73 Å². The molecular weight excluding hydrogens is 215 g/mol. The lowest BCUT2D eigenvalue weighted by Gasteiger charge is -2.17. The van der Waals surface area contributed by atoms with Gasteiger partial charge in [0.1, 0.15) is 0 Å². The molecule has 0 aliphatic rings. The molecule has 1 aromatic rings. The van der Waals surface area contributed by atoms with Gasteiger partial charge < -0.3 is 15.4 Å². The summed E-state index contributed by atoms with van der Waals surface area (Å²) in [6.07, 6.45) is -4.86. The Hall–Kier alpha value is -1.15. The first-order valence-corrected chi connectivity index (χ1v) is 4.07. The highest BCUT2D eigenvalue weighted by Gasteiger charge is 2.37. The van der Waals surface area contributed by atoms with Crippen molar-refractivity contribution in [3.8, 4) is 0 Å². The number of aliphatic hydroxyl groups is 1. The molecular formula is C7H10F3N3O2. The van der Waals surface area contributed by atoms with Gasteiger partial charge in [0.25, 0.3) is 5.82 Å². The van der Waals surface area contributed by atoms with Crippen LogP contribution in [0.25, 0.3) is 0 Å². The second kappa shape index (κ2) is 3.78. The fourth-order valence-electron chi connectivity index (χ4n) is 0.840. The quantitative estimate of drug-likeness (QED) is 0.774. The second-order valence-corrected chi connectivity index (χ2v) is 3.39. The Balaban J connectivity index is 2.78. The molecule has 0 saturated carbocycles. The number of hydrogen-bond acceptors (Lipinski definition) is 5. The number of alkyl halides is 3. The van der Waals surface area contributed by atoms with Crippen LogP contribution in [0.15, 0.2) is 4.52 Å². The minimum atomic E-state index is -4.64. The summed E-state index contributed by atoms with van der Waals surface area (Å²) < 4.78 is 40.5. The summed E-state index contributed by atoms with van der Waals surface area (Å²) in [5, 5.41) is 12.2. The molecule has 1 atom stereocenters. The van der Waals surface area contributed by atoms with Crippen LogP contribution in [0.3, 0.4) is 0 Å². The van der Waals surface area contributed by atoms with Crippen LogP contribution in [-0.4, -0.2) is 27.4 Å². The van der Waals surface area contributed by atoms with E-state index in [4.69, 9.17) is 5.73 Å². The molecule has 8 heteroatoms. The van der Waals surface area contributed by atoms with Gasteiger partial charge in [-0.05, 0) is 6.92 Å². The number of nitrogens with two attached hydrogens (primary N) is 1. The fourth-order valence-corrected chi connectivity index (χ4v) is 0.840. The van der Waals surface area contributed by atoms with Crippen molar-refractivity contribution >= 4 is 0 Å². The topological polar surface area (TPSA) is 85.2 Å². The molecule has 0 saturated heterocycles. The first-order valence-electron chi connectivity index (χ1n) is 4.07.